The number of hydrogen-bond donors (Lipinski definition) is 0. The fourth-order valence-corrected chi connectivity index (χ4v) is 4.23. The van der Waals surface area contributed by atoms with Crippen LogP contribution in [0.4, 0.5) is 18.3 Å². The van der Waals surface area contributed by atoms with E-state index in [0.29, 0.717) is 23.0 Å². The molecule has 1 aromatic heterocycles. The van der Waals surface area contributed by atoms with Crippen LogP contribution >= 0.6 is 11.3 Å². The number of benzene rings is 3. The van der Waals surface area contributed by atoms with E-state index < -0.39 is 17.6 Å². The minimum atomic E-state index is -4.54. The highest BCUT2D eigenvalue weighted by molar-refractivity contribution is 7.22. The van der Waals surface area contributed by atoms with Gasteiger partial charge in [-0.1, -0.05) is 47.7 Å². The molecule has 0 radical (unpaired) electrons. The highest BCUT2D eigenvalue weighted by Gasteiger charge is 2.32. The number of carbonyl (C=O) groups is 1. The van der Waals surface area contributed by atoms with Crippen molar-refractivity contribution in [1.82, 2.24) is 4.98 Å². The number of fused-ring (bicyclic) bond motifs is 1. The summed E-state index contributed by atoms with van der Waals surface area (Å²) >= 11 is 1.29. The molecule has 0 spiro atoms. The van der Waals surface area contributed by atoms with E-state index in [0.717, 1.165) is 22.4 Å². The molecule has 4 aromatic rings. The van der Waals surface area contributed by atoms with E-state index in [9.17, 15) is 18.0 Å². The molecule has 0 fully saturated rings. The van der Waals surface area contributed by atoms with E-state index in [1.54, 1.807) is 12.1 Å². The number of ether oxygens (including phenoxy) is 1. The van der Waals surface area contributed by atoms with Gasteiger partial charge in [0.25, 0.3) is 5.91 Å². The fraction of sp³-hybridized carbons (Fsp3) is 0.167. The summed E-state index contributed by atoms with van der Waals surface area (Å²) in [5.41, 5.74) is 0.601. The third-order valence-electron chi connectivity index (χ3n) is 4.76. The van der Waals surface area contributed by atoms with Crippen molar-refractivity contribution in [1.29, 1.82) is 0 Å². The zero-order valence-corrected chi connectivity index (χ0v) is 17.9. The lowest BCUT2D eigenvalue weighted by molar-refractivity contribution is -0.137. The normalized spacial score (nSPS) is 11.5. The number of halogens is 3. The summed E-state index contributed by atoms with van der Waals surface area (Å²) in [5.74, 6) is 0.137. The first-order valence-corrected chi connectivity index (χ1v) is 10.7. The van der Waals surface area contributed by atoms with Crippen molar-refractivity contribution >= 4 is 32.6 Å². The maximum absolute atomic E-state index is 13.4. The summed E-state index contributed by atoms with van der Waals surface area (Å²) in [6.07, 6.45) is -4.54. The molecule has 0 aliphatic heterocycles. The Hall–Kier alpha value is -3.39. The van der Waals surface area contributed by atoms with Gasteiger partial charge in [0.2, 0.25) is 0 Å². The molecule has 4 nitrogen and oxygen atoms in total. The second-order valence-corrected chi connectivity index (χ2v) is 8.02. The zero-order chi connectivity index (χ0) is 22.7. The Balaban J connectivity index is 1.75. The SMILES string of the molecule is CCOc1ccc2nc(N(Cc3ccccc3)C(=O)c3cccc(C(F)(F)F)c3)sc2c1. The maximum atomic E-state index is 13.4. The van der Waals surface area contributed by atoms with Crippen LogP contribution in [-0.2, 0) is 12.7 Å². The van der Waals surface area contributed by atoms with E-state index in [1.165, 1.54) is 28.4 Å². The number of carbonyl (C=O) groups excluding carboxylic acids is 1. The Labute approximate surface area is 186 Å². The number of alkyl halides is 3. The molecule has 8 heteroatoms. The molecule has 164 valence electrons. The Bertz CT molecular complexity index is 1240. The average Bonchev–Trinajstić information content (AvgIpc) is 3.20. The van der Waals surface area contributed by atoms with Crippen LogP contribution in [0.5, 0.6) is 5.75 Å². The number of hydrogen-bond acceptors (Lipinski definition) is 4. The standard InChI is InChI=1S/C24H19F3N2O2S/c1-2-31-19-11-12-20-21(14-19)32-23(28-20)29(15-16-7-4-3-5-8-16)22(30)17-9-6-10-18(13-17)24(25,26)27/h3-14H,2,15H2,1H3. The molecule has 0 atom stereocenters. The first kappa shape index (κ1) is 21.8. The summed E-state index contributed by atoms with van der Waals surface area (Å²) in [7, 11) is 0. The summed E-state index contributed by atoms with van der Waals surface area (Å²) < 4.78 is 45.9. The van der Waals surface area contributed by atoms with Gasteiger partial charge in [-0.2, -0.15) is 13.2 Å². The predicted molar refractivity (Wildman–Crippen MR) is 119 cm³/mol. The van der Waals surface area contributed by atoms with Gasteiger partial charge in [-0.05, 0) is 48.9 Å². The van der Waals surface area contributed by atoms with Gasteiger partial charge in [-0.15, -0.1) is 0 Å². The van der Waals surface area contributed by atoms with Crippen LogP contribution in [0.1, 0.15) is 28.4 Å². The maximum Gasteiger partial charge on any atom is 0.416 e. The Morgan fingerprint density at radius 2 is 1.81 bits per heavy atom. The van der Waals surface area contributed by atoms with Crippen LogP contribution in [0, 0.1) is 0 Å². The van der Waals surface area contributed by atoms with Crippen LogP contribution < -0.4 is 9.64 Å². The van der Waals surface area contributed by atoms with E-state index >= 15 is 0 Å². The molecule has 0 saturated carbocycles. The van der Waals surface area contributed by atoms with Crippen LogP contribution in [0.15, 0.2) is 72.8 Å². The highest BCUT2D eigenvalue weighted by Crippen LogP contribution is 2.34. The molecule has 1 amide bonds. The Morgan fingerprint density at radius 3 is 2.53 bits per heavy atom. The van der Waals surface area contributed by atoms with E-state index in [2.05, 4.69) is 4.98 Å². The number of anilines is 1. The van der Waals surface area contributed by atoms with Gasteiger partial charge in [-0.3, -0.25) is 9.69 Å². The number of amides is 1. The lowest BCUT2D eigenvalue weighted by atomic mass is 10.1. The first-order valence-electron chi connectivity index (χ1n) is 9.91. The number of thiazole rings is 1. The first-order chi connectivity index (χ1) is 15.3. The van der Waals surface area contributed by atoms with Crippen molar-refractivity contribution in [3.8, 4) is 5.75 Å². The van der Waals surface area contributed by atoms with Crippen molar-refractivity contribution in [3.05, 3.63) is 89.5 Å². The van der Waals surface area contributed by atoms with E-state index in [4.69, 9.17) is 4.74 Å². The van der Waals surface area contributed by atoms with Gasteiger partial charge in [0.1, 0.15) is 5.75 Å². The molecule has 0 bridgehead atoms. The van der Waals surface area contributed by atoms with Gasteiger partial charge in [0, 0.05) is 5.56 Å². The zero-order valence-electron chi connectivity index (χ0n) is 17.1. The molecule has 32 heavy (non-hydrogen) atoms. The van der Waals surface area contributed by atoms with Crippen molar-refractivity contribution in [2.75, 3.05) is 11.5 Å². The summed E-state index contributed by atoms with van der Waals surface area (Å²) in [6, 6.07) is 19.1. The van der Waals surface area contributed by atoms with Crippen molar-refractivity contribution in [2.24, 2.45) is 0 Å². The van der Waals surface area contributed by atoms with E-state index in [-0.39, 0.29) is 12.1 Å². The van der Waals surface area contributed by atoms with Gasteiger partial charge in [0.15, 0.2) is 5.13 Å². The highest BCUT2D eigenvalue weighted by atomic mass is 32.1. The summed E-state index contributed by atoms with van der Waals surface area (Å²) in [5, 5.41) is 0.403. The lowest BCUT2D eigenvalue weighted by Gasteiger charge is -2.20. The summed E-state index contributed by atoms with van der Waals surface area (Å²) in [4.78, 5) is 19.4. The van der Waals surface area contributed by atoms with Gasteiger partial charge < -0.3 is 4.74 Å². The van der Waals surface area contributed by atoms with Crippen LogP contribution in [0.25, 0.3) is 10.2 Å². The summed E-state index contributed by atoms with van der Waals surface area (Å²) in [6.45, 7) is 2.58. The van der Waals surface area contributed by atoms with Crippen molar-refractivity contribution < 1.29 is 22.7 Å². The van der Waals surface area contributed by atoms with Gasteiger partial charge >= 0.3 is 6.18 Å². The molecule has 0 N–H and O–H groups in total. The van der Waals surface area contributed by atoms with Gasteiger partial charge in [0.05, 0.1) is 28.9 Å². The number of aromatic nitrogens is 1. The second-order valence-electron chi connectivity index (χ2n) is 7.01. The molecule has 4 rings (SSSR count). The largest absolute Gasteiger partial charge is 0.494 e. The molecular weight excluding hydrogens is 437 g/mol. The smallest absolute Gasteiger partial charge is 0.416 e. The van der Waals surface area contributed by atoms with Crippen LogP contribution in [-0.4, -0.2) is 17.5 Å². The monoisotopic (exact) mass is 456 g/mol. The van der Waals surface area contributed by atoms with Crippen LogP contribution in [0.3, 0.4) is 0 Å². The minimum absolute atomic E-state index is 0.0509. The third kappa shape index (κ3) is 4.75. The third-order valence-corrected chi connectivity index (χ3v) is 5.80. The van der Waals surface area contributed by atoms with E-state index in [1.807, 2.05) is 43.3 Å². The van der Waals surface area contributed by atoms with Crippen molar-refractivity contribution in [3.63, 3.8) is 0 Å². The molecule has 0 aliphatic carbocycles. The second kappa shape index (κ2) is 9.00. The molecule has 3 aromatic carbocycles. The number of rotatable bonds is 6. The quantitative estimate of drug-likeness (QED) is 0.330. The Morgan fingerprint density at radius 1 is 1.03 bits per heavy atom. The van der Waals surface area contributed by atoms with Crippen molar-refractivity contribution in [2.45, 2.75) is 19.6 Å². The predicted octanol–water partition coefficient (Wildman–Crippen LogP) is 6.56. The Kier molecular flexibility index (Phi) is 6.14. The number of nitrogens with zero attached hydrogens (tertiary/aromatic N) is 2. The topological polar surface area (TPSA) is 42.4 Å². The lowest BCUT2D eigenvalue weighted by Crippen LogP contribution is -2.30. The van der Waals surface area contributed by atoms with Gasteiger partial charge in [-0.25, -0.2) is 4.98 Å². The fourth-order valence-electron chi connectivity index (χ4n) is 3.24. The molecule has 0 aliphatic rings. The molecule has 0 unspecified atom stereocenters. The molecular formula is C24H19F3N2O2S. The molecule has 0 saturated heterocycles. The minimum Gasteiger partial charge on any atom is -0.494 e. The average molecular weight is 456 g/mol. The molecule has 1 heterocycles. The van der Waals surface area contributed by atoms with Crippen LogP contribution in [0.2, 0.25) is 0 Å².